The van der Waals surface area contributed by atoms with Gasteiger partial charge in [0, 0.05) is 6.42 Å². The van der Waals surface area contributed by atoms with Crippen molar-refractivity contribution < 1.29 is 18.3 Å². The molecule has 6 heteroatoms. The molecule has 1 aromatic carbocycles. The summed E-state index contributed by atoms with van der Waals surface area (Å²) in [5, 5.41) is 9.11. The summed E-state index contributed by atoms with van der Waals surface area (Å²) in [5.41, 5.74) is 0. The quantitative estimate of drug-likeness (QED) is 0.788. The molecular weight excluding hydrogens is 230 g/mol. The molecule has 5 nitrogen and oxygen atoms in total. The van der Waals surface area contributed by atoms with Crippen LogP contribution in [0.5, 0.6) is 0 Å². The number of nitrogens with one attached hydrogen (secondary N) is 1. The molecule has 1 aliphatic rings. The molecule has 2 N–H and O–H groups in total. The summed E-state index contributed by atoms with van der Waals surface area (Å²) < 4.78 is 31.1. The van der Waals surface area contributed by atoms with Gasteiger partial charge < -0.3 is 9.84 Å². The number of ether oxygens (including phenoxy) is 1. The molecule has 2 rings (SSSR count). The second-order valence-electron chi connectivity index (χ2n) is 3.65. The monoisotopic (exact) mass is 243 g/mol. The molecule has 1 unspecified atom stereocenters. The van der Waals surface area contributed by atoms with Gasteiger partial charge in [0.2, 0.25) is 10.0 Å². The zero-order valence-corrected chi connectivity index (χ0v) is 9.35. The van der Waals surface area contributed by atoms with Crippen molar-refractivity contribution in [3.05, 3.63) is 30.3 Å². The predicted octanol–water partition coefficient (Wildman–Crippen LogP) is 0.0722. The Hall–Kier alpha value is -0.950. The molecule has 0 amide bonds. The van der Waals surface area contributed by atoms with Gasteiger partial charge in [0.15, 0.2) is 6.29 Å². The van der Waals surface area contributed by atoms with Gasteiger partial charge in [0.25, 0.3) is 0 Å². The van der Waals surface area contributed by atoms with Crippen molar-refractivity contribution >= 4 is 10.0 Å². The Morgan fingerprint density at radius 1 is 1.31 bits per heavy atom. The van der Waals surface area contributed by atoms with Crippen molar-refractivity contribution in [1.82, 2.24) is 4.72 Å². The largest absolute Gasteiger partial charge is 0.368 e. The molecule has 1 fully saturated rings. The van der Waals surface area contributed by atoms with E-state index in [1.807, 2.05) is 0 Å². The second-order valence-corrected chi connectivity index (χ2v) is 5.37. The molecule has 0 bridgehead atoms. The van der Waals surface area contributed by atoms with Gasteiger partial charge in [-0.05, 0) is 12.1 Å². The molecule has 88 valence electrons. The Labute approximate surface area is 94.1 Å². The van der Waals surface area contributed by atoms with E-state index in [4.69, 9.17) is 9.84 Å². The minimum absolute atomic E-state index is 0.202. The van der Waals surface area contributed by atoms with Crippen LogP contribution in [-0.4, -0.2) is 32.5 Å². The van der Waals surface area contributed by atoms with Gasteiger partial charge >= 0.3 is 0 Å². The van der Waals surface area contributed by atoms with E-state index >= 15 is 0 Å². The molecule has 1 aliphatic heterocycles. The lowest BCUT2D eigenvalue weighted by atomic mass is 10.3. The van der Waals surface area contributed by atoms with Gasteiger partial charge in [-0.2, -0.15) is 0 Å². The normalized spacial score (nSPS) is 25.8. The molecule has 16 heavy (non-hydrogen) atoms. The molecule has 1 saturated heterocycles. The van der Waals surface area contributed by atoms with Crippen LogP contribution >= 0.6 is 0 Å². The molecule has 0 aliphatic carbocycles. The van der Waals surface area contributed by atoms with Gasteiger partial charge in [0.1, 0.15) is 0 Å². The maximum absolute atomic E-state index is 11.8. The minimum atomic E-state index is -3.51. The van der Waals surface area contributed by atoms with Gasteiger partial charge in [0.05, 0.1) is 17.5 Å². The van der Waals surface area contributed by atoms with Gasteiger partial charge in [-0.3, -0.25) is 0 Å². The average Bonchev–Trinajstić information content (AvgIpc) is 2.64. The lowest BCUT2D eigenvalue weighted by Gasteiger charge is -2.10. The molecule has 2 atom stereocenters. The van der Waals surface area contributed by atoms with E-state index in [2.05, 4.69) is 4.72 Å². The fourth-order valence-electron chi connectivity index (χ4n) is 1.58. The van der Waals surface area contributed by atoms with Crippen LogP contribution in [0.25, 0.3) is 0 Å². The zero-order chi connectivity index (χ0) is 11.6. The SMILES string of the molecule is O=S(=O)(N[C@@H]1COC(O)C1)c1ccccc1. The first-order valence-electron chi connectivity index (χ1n) is 4.95. The van der Waals surface area contributed by atoms with Gasteiger partial charge in [-0.1, -0.05) is 18.2 Å². The number of hydrogen-bond donors (Lipinski definition) is 2. The third-order valence-corrected chi connectivity index (χ3v) is 3.89. The summed E-state index contributed by atoms with van der Waals surface area (Å²) in [6.45, 7) is 0.202. The number of aliphatic hydroxyl groups is 1. The maximum Gasteiger partial charge on any atom is 0.240 e. The summed E-state index contributed by atoms with van der Waals surface area (Å²) in [4.78, 5) is 0.219. The van der Waals surface area contributed by atoms with Crippen LogP contribution in [0.3, 0.4) is 0 Å². The predicted molar refractivity (Wildman–Crippen MR) is 57.1 cm³/mol. The maximum atomic E-state index is 11.8. The summed E-state index contributed by atoms with van der Waals surface area (Å²) in [6.07, 6.45) is -0.588. The van der Waals surface area contributed by atoms with Crippen molar-refractivity contribution in [1.29, 1.82) is 0 Å². The lowest BCUT2D eigenvalue weighted by molar-refractivity contribution is -0.0590. The molecular formula is C10H13NO4S. The van der Waals surface area contributed by atoms with Crippen LogP contribution in [0.2, 0.25) is 0 Å². The van der Waals surface area contributed by atoms with Crippen molar-refractivity contribution in [2.24, 2.45) is 0 Å². The van der Waals surface area contributed by atoms with E-state index in [1.54, 1.807) is 18.2 Å². The van der Waals surface area contributed by atoms with Gasteiger partial charge in [-0.25, -0.2) is 13.1 Å². The average molecular weight is 243 g/mol. The van der Waals surface area contributed by atoms with E-state index in [9.17, 15) is 8.42 Å². The van der Waals surface area contributed by atoms with E-state index < -0.39 is 16.3 Å². The molecule has 0 aromatic heterocycles. The van der Waals surface area contributed by atoms with Crippen molar-refractivity contribution in [2.75, 3.05) is 6.61 Å². The van der Waals surface area contributed by atoms with Gasteiger partial charge in [-0.15, -0.1) is 0 Å². The lowest BCUT2D eigenvalue weighted by Crippen LogP contribution is -2.35. The van der Waals surface area contributed by atoms with Crippen LogP contribution in [0, 0.1) is 0 Å². The highest BCUT2D eigenvalue weighted by atomic mass is 32.2. The molecule has 1 heterocycles. The smallest absolute Gasteiger partial charge is 0.240 e. The Morgan fingerprint density at radius 2 is 2.00 bits per heavy atom. The second kappa shape index (κ2) is 4.50. The van der Waals surface area contributed by atoms with Crippen molar-refractivity contribution in [3.63, 3.8) is 0 Å². The van der Waals surface area contributed by atoms with Crippen LogP contribution < -0.4 is 4.72 Å². The Balaban J connectivity index is 2.09. The molecule has 1 aromatic rings. The summed E-state index contributed by atoms with van der Waals surface area (Å²) in [7, 11) is -3.51. The third-order valence-electron chi connectivity index (χ3n) is 2.35. The Morgan fingerprint density at radius 3 is 2.56 bits per heavy atom. The van der Waals surface area contributed by atoms with Crippen LogP contribution in [0.1, 0.15) is 6.42 Å². The van der Waals surface area contributed by atoms with Crippen molar-refractivity contribution in [3.8, 4) is 0 Å². The fraction of sp³-hybridized carbons (Fsp3) is 0.400. The minimum Gasteiger partial charge on any atom is -0.368 e. The van der Waals surface area contributed by atoms with E-state index in [1.165, 1.54) is 12.1 Å². The number of rotatable bonds is 3. The zero-order valence-electron chi connectivity index (χ0n) is 8.54. The summed E-state index contributed by atoms with van der Waals surface area (Å²) >= 11 is 0. The summed E-state index contributed by atoms with van der Waals surface area (Å²) in [5.74, 6) is 0. The van der Waals surface area contributed by atoms with Crippen LogP contribution in [0.4, 0.5) is 0 Å². The highest BCUT2D eigenvalue weighted by Gasteiger charge is 2.27. The van der Waals surface area contributed by atoms with E-state index in [-0.39, 0.29) is 24.0 Å². The fourth-order valence-corrected chi connectivity index (χ4v) is 2.83. The number of hydrogen-bond acceptors (Lipinski definition) is 4. The first-order valence-corrected chi connectivity index (χ1v) is 6.43. The first kappa shape index (κ1) is 11.5. The molecule has 0 radical (unpaired) electrons. The van der Waals surface area contributed by atoms with Crippen molar-refractivity contribution in [2.45, 2.75) is 23.6 Å². The molecule has 0 spiro atoms. The third kappa shape index (κ3) is 2.59. The van der Waals surface area contributed by atoms with E-state index in [0.717, 1.165) is 0 Å². The highest BCUT2D eigenvalue weighted by Crippen LogP contribution is 2.14. The topological polar surface area (TPSA) is 75.6 Å². The number of sulfonamides is 1. The molecule has 0 saturated carbocycles. The first-order chi connectivity index (χ1) is 7.58. The summed E-state index contributed by atoms with van der Waals surface area (Å²) in [6, 6.07) is 7.76. The van der Waals surface area contributed by atoms with Crippen LogP contribution in [-0.2, 0) is 14.8 Å². The Kier molecular flexibility index (Phi) is 3.25. The Bertz CT molecular complexity index is 445. The standard InChI is InChI=1S/C10H13NO4S/c12-10-6-8(7-15-10)11-16(13,14)9-4-2-1-3-5-9/h1-5,8,10-12H,6-7H2/t8-,10?/m0/s1. The number of benzene rings is 1. The number of aliphatic hydroxyl groups excluding tert-OH is 1. The highest BCUT2D eigenvalue weighted by molar-refractivity contribution is 7.89. The van der Waals surface area contributed by atoms with E-state index in [0.29, 0.717) is 0 Å². The van der Waals surface area contributed by atoms with Crippen LogP contribution in [0.15, 0.2) is 35.2 Å².